The number of fused-ring (bicyclic) bond motifs is 1. The van der Waals surface area contributed by atoms with Gasteiger partial charge in [0, 0.05) is 35.8 Å². The summed E-state index contributed by atoms with van der Waals surface area (Å²) in [5.74, 6) is 2.52. The maximum Gasteiger partial charge on any atom is 0.225 e. The number of carbonyl (C=O) groups excluding carboxylic acids is 1. The number of nitrogens with zero attached hydrogens (tertiary/aromatic N) is 3. The molecule has 2 aromatic rings. The van der Waals surface area contributed by atoms with Gasteiger partial charge in [-0.2, -0.15) is 4.98 Å². The summed E-state index contributed by atoms with van der Waals surface area (Å²) in [5, 5.41) is 6.77. The fourth-order valence-corrected chi connectivity index (χ4v) is 5.42. The van der Waals surface area contributed by atoms with Crippen molar-refractivity contribution < 1.29 is 4.79 Å². The first-order chi connectivity index (χ1) is 15.5. The average Bonchev–Trinajstić information content (AvgIpc) is 2.79. The Morgan fingerprint density at radius 1 is 1.09 bits per heavy atom. The maximum absolute atomic E-state index is 12.4. The second-order valence-corrected chi connectivity index (χ2v) is 10.5. The Labute approximate surface area is 205 Å². The normalized spacial score (nSPS) is 20.3. The fourth-order valence-electron chi connectivity index (χ4n) is 4.84. The largest absolute Gasteiger partial charge is 0.362 e. The summed E-state index contributed by atoms with van der Waals surface area (Å²) < 4.78 is 1.15. The Bertz CT molecular complexity index is 940. The first kappa shape index (κ1) is 23.3. The van der Waals surface area contributed by atoms with E-state index < -0.39 is 0 Å². The zero-order valence-corrected chi connectivity index (χ0v) is 21.3. The molecule has 2 aliphatic rings. The SMILES string of the molecule is CN(C)c1nc(NC2CCC(CNC(=O)Cc3ccccc3I)CC2)nc2c1CCCC2. The molecular weight excluding hydrogens is 513 g/mol. The number of nitrogens with one attached hydrogen (secondary N) is 2. The highest BCUT2D eigenvalue weighted by molar-refractivity contribution is 14.1. The molecule has 6 nitrogen and oxygen atoms in total. The van der Waals surface area contributed by atoms with E-state index in [1.54, 1.807) is 0 Å². The van der Waals surface area contributed by atoms with Crippen LogP contribution in [0.2, 0.25) is 0 Å². The zero-order valence-electron chi connectivity index (χ0n) is 19.2. The van der Waals surface area contributed by atoms with Gasteiger partial charge in [-0.3, -0.25) is 4.79 Å². The molecule has 4 rings (SSSR count). The zero-order chi connectivity index (χ0) is 22.5. The van der Waals surface area contributed by atoms with Gasteiger partial charge in [0.1, 0.15) is 5.82 Å². The van der Waals surface area contributed by atoms with E-state index in [1.165, 1.54) is 24.1 Å². The first-order valence-electron chi connectivity index (χ1n) is 11.8. The van der Waals surface area contributed by atoms with E-state index in [4.69, 9.17) is 9.97 Å². The van der Waals surface area contributed by atoms with Gasteiger partial charge in [0.05, 0.1) is 12.1 Å². The lowest BCUT2D eigenvalue weighted by Gasteiger charge is -2.30. The van der Waals surface area contributed by atoms with Gasteiger partial charge in [-0.1, -0.05) is 18.2 Å². The molecule has 0 saturated heterocycles. The van der Waals surface area contributed by atoms with Crippen LogP contribution in [-0.4, -0.2) is 42.6 Å². The molecule has 1 aromatic carbocycles. The van der Waals surface area contributed by atoms with Crippen molar-refractivity contribution in [1.29, 1.82) is 0 Å². The Hall–Kier alpha value is -1.90. The molecule has 0 aliphatic heterocycles. The van der Waals surface area contributed by atoms with Crippen LogP contribution in [0.1, 0.15) is 55.3 Å². The monoisotopic (exact) mass is 547 g/mol. The van der Waals surface area contributed by atoms with E-state index >= 15 is 0 Å². The topological polar surface area (TPSA) is 70.2 Å². The van der Waals surface area contributed by atoms with Gasteiger partial charge in [0.2, 0.25) is 11.9 Å². The van der Waals surface area contributed by atoms with Crippen molar-refractivity contribution in [2.75, 3.05) is 30.9 Å². The molecule has 2 aliphatic carbocycles. The van der Waals surface area contributed by atoms with Crippen LogP contribution in [0.4, 0.5) is 11.8 Å². The molecule has 0 bridgehead atoms. The first-order valence-corrected chi connectivity index (χ1v) is 12.9. The smallest absolute Gasteiger partial charge is 0.225 e. The number of halogens is 1. The number of anilines is 2. The molecule has 0 atom stereocenters. The number of hydrogen-bond donors (Lipinski definition) is 2. The number of benzene rings is 1. The minimum Gasteiger partial charge on any atom is -0.362 e. The van der Waals surface area contributed by atoms with Crippen molar-refractivity contribution in [2.45, 2.75) is 63.8 Å². The van der Waals surface area contributed by atoms with Gasteiger partial charge in [0.15, 0.2) is 0 Å². The minimum atomic E-state index is 0.119. The molecule has 1 heterocycles. The van der Waals surface area contributed by atoms with E-state index in [-0.39, 0.29) is 5.91 Å². The second-order valence-electron chi connectivity index (χ2n) is 9.33. The van der Waals surface area contributed by atoms with Gasteiger partial charge < -0.3 is 15.5 Å². The van der Waals surface area contributed by atoms with Crippen molar-refractivity contribution in [3.8, 4) is 0 Å². The Morgan fingerprint density at radius 2 is 1.84 bits per heavy atom. The molecule has 2 N–H and O–H groups in total. The fraction of sp³-hybridized carbons (Fsp3) is 0.560. The molecule has 0 spiro atoms. The van der Waals surface area contributed by atoms with Crippen LogP contribution >= 0.6 is 22.6 Å². The highest BCUT2D eigenvalue weighted by Gasteiger charge is 2.24. The second kappa shape index (κ2) is 10.8. The highest BCUT2D eigenvalue weighted by Crippen LogP contribution is 2.30. The summed E-state index contributed by atoms with van der Waals surface area (Å²) in [6.07, 6.45) is 9.47. The number of amides is 1. The molecule has 1 amide bonds. The number of carbonyl (C=O) groups is 1. The lowest BCUT2D eigenvalue weighted by molar-refractivity contribution is -0.120. The van der Waals surface area contributed by atoms with Crippen molar-refractivity contribution in [2.24, 2.45) is 5.92 Å². The Morgan fingerprint density at radius 3 is 2.59 bits per heavy atom. The molecule has 1 saturated carbocycles. The van der Waals surface area contributed by atoms with E-state index in [0.29, 0.717) is 18.4 Å². The van der Waals surface area contributed by atoms with Crippen LogP contribution in [-0.2, 0) is 24.1 Å². The molecule has 32 heavy (non-hydrogen) atoms. The predicted octanol–water partition coefficient (Wildman–Crippen LogP) is 4.36. The molecule has 1 fully saturated rings. The van der Waals surface area contributed by atoms with Gasteiger partial charge in [-0.05, 0) is 91.5 Å². The molecule has 7 heteroatoms. The summed E-state index contributed by atoms with van der Waals surface area (Å²) >= 11 is 2.29. The standard InChI is InChI=1S/C25H34IN5O/c1-31(2)24-20-8-4-6-10-22(20)29-25(30-24)28-19-13-11-17(12-14-19)16-27-23(32)15-18-7-3-5-9-21(18)26/h3,5,7,9,17,19H,4,6,8,10-16H2,1-2H3,(H,27,32)(H,28,29,30). The Kier molecular flexibility index (Phi) is 7.86. The van der Waals surface area contributed by atoms with Gasteiger partial charge >= 0.3 is 0 Å². The number of aromatic nitrogens is 2. The summed E-state index contributed by atoms with van der Waals surface area (Å²) in [4.78, 5) is 24.2. The third-order valence-corrected chi connectivity index (χ3v) is 7.71. The van der Waals surface area contributed by atoms with Crippen LogP contribution < -0.4 is 15.5 Å². The van der Waals surface area contributed by atoms with Crippen LogP contribution in [0, 0.1) is 9.49 Å². The number of hydrogen-bond acceptors (Lipinski definition) is 5. The molecular formula is C25H34IN5O. The molecule has 172 valence electrons. The lowest BCUT2D eigenvalue weighted by Crippen LogP contribution is -2.35. The summed E-state index contributed by atoms with van der Waals surface area (Å²) in [6, 6.07) is 8.48. The van der Waals surface area contributed by atoms with Crippen LogP contribution in [0.5, 0.6) is 0 Å². The maximum atomic E-state index is 12.4. The summed E-state index contributed by atoms with van der Waals surface area (Å²) in [6.45, 7) is 0.773. The molecule has 0 radical (unpaired) electrons. The van der Waals surface area contributed by atoms with Crippen LogP contribution in [0.15, 0.2) is 24.3 Å². The summed E-state index contributed by atoms with van der Waals surface area (Å²) in [7, 11) is 4.14. The number of rotatable bonds is 7. The van der Waals surface area contributed by atoms with Gasteiger partial charge in [-0.25, -0.2) is 4.98 Å². The van der Waals surface area contributed by atoms with E-state index in [9.17, 15) is 4.79 Å². The van der Waals surface area contributed by atoms with Crippen molar-refractivity contribution in [3.63, 3.8) is 0 Å². The van der Waals surface area contributed by atoms with Gasteiger partial charge in [-0.15, -0.1) is 0 Å². The quantitative estimate of drug-likeness (QED) is 0.505. The van der Waals surface area contributed by atoms with Crippen LogP contribution in [0.25, 0.3) is 0 Å². The van der Waals surface area contributed by atoms with Gasteiger partial charge in [0.25, 0.3) is 0 Å². The predicted molar refractivity (Wildman–Crippen MR) is 138 cm³/mol. The van der Waals surface area contributed by atoms with Crippen molar-refractivity contribution in [1.82, 2.24) is 15.3 Å². The third kappa shape index (κ3) is 5.91. The minimum absolute atomic E-state index is 0.119. The Balaban J connectivity index is 1.26. The lowest BCUT2D eigenvalue weighted by atomic mass is 9.86. The van der Waals surface area contributed by atoms with Crippen molar-refractivity contribution in [3.05, 3.63) is 44.7 Å². The molecule has 0 unspecified atom stereocenters. The van der Waals surface area contributed by atoms with E-state index in [1.807, 2.05) is 24.3 Å². The van der Waals surface area contributed by atoms with E-state index in [0.717, 1.165) is 66.0 Å². The van der Waals surface area contributed by atoms with Crippen LogP contribution in [0.3, 0.4) is 0 Å². The third-order valence-electron chi connectivity index (χ3n) is 6.66. The molecule has 1 aromatic heterocycles. The van der Waals surface area contributed by atoms with Crippen molar-refractivity contribution >= 4 is 40.3 Å². The van der Waals surface area contributed by atoms with E-state index in [2.05, 4.69) is 52.2 Å². The highest BCUT2D eigenvalue weighted by atomic mass is 127. The summed E-state index contributed by atoms with van der Waals surface area (Å²) in [5.41, 5.74) is 3.65. The average molecular weight is 547 g/mol. The number of aryl methyl sites for hydroxylation is 1.